The molecule has 0 amide bonds. The molecule has 0 heterocycles. The molecule has 0 atom stereocenters. The Hall–Kier alpha value is -1.28. The third-order valence-corrected chi connectivity index (χ3v) is 3.72. The number of aryl methyl sites for hydroxylation is 1. The minimum atomic E-state index is 0.962. The SMILES string of the molecule is CCCc1ccc(N(CC)c2cccc(Br)c2)cc1. The summed E-state index contributed by atoms with van der Waals surface area (Å²) in [4.78, 5) is 2.32. The van der Waals surface area contributed by atoms with Crippen molar-refractivity contribution < 1.29 is 0 Å². The van der Waals surface area contributed by atoms with Gasteiger partial charge in [0.1, 0.15) is 0 Å². The third-order valence-electron chi connectivity index (χ3n) is 3.22. The van der Waals surface area contributed by atoms with Crippen molar-refractivity contribution in [2.45, 2.75) is 26.7 Å². The Morgan fingerprint density at radius 1 is 0.947 bits per heavy atom. The van der Waals surface area contributed by atoms with E-state index in [9.17, 15) is 0 Å². The summed E-state index contributed by atoms with van der Waals surface area (Å²) in [5.74, 6) is 0. The highest BCUT2D eigenvalue weighted by molar-refractivity contribution is 9.10. The van der Waals surface area contributed by atoms with Crippen LogP contribution in [0, 0.1) is 0 Å². The maximum Gasteiger partial charge on any atom is 0.0421 e. The highest BCUT2D eigenvalue weighted by atomic mass is 79.9. The first-order valence-corrected chi connectivity index (χ1v) is 7.66. The Morgan fingerprint density at radius 3 is 2.26 bits per heavy atom. The molecule has 2 heteroatoms. The van der Waals surface area contributed by atoms with Gasteiger partial charge in [0, 0.05) is 22.4 Å². The lowest BCUT2D eigenvalue weighted by molar-refractivity contribution is 0.920. The summed E-state index contributed by atoms with van der Waals surface area (Å²) in [7, 11) is 0. The van der Waals surface area contributed by atoms with Crippen LogP contribution in [0.1, 0.15) is 25.8 Å². The zero-order valence-corrected chi connectivity index (χ0v) is 13.2. The Labute approximate surface area is 124 Å². The standard InChI is InChI=1S/C17H20BrN/c1-3-6-14-9-11-16(12-10-14)19(4-2)17-8-5-7-15(18)13-17/h5,7-13H,3-4,6H2,1-2H3. The fraction of sp³-hybridized carbons (Fsp3) is 0.294. The molecule has 0 aliphatic heterocycles. The number of hydrogen-bond donors (Lipinski definition) is 0. The van der Waals surface area contributed by atoms with Crippen LogP contribution in [0.15, 0.2) is 53.0 Å². The first-order chi connectivity index (χ1) is 9.24. The summed E-state index contributed by atoms with van der Waals surface area (Å²) in [6.45, 7) is 5.36. The molecule has 0 saturated heterocycles. The van der Waals surface area contributed by atoms with Gasteiger partial charge in [-0.15, -0.1) is 0 Å². The Morgan fingerprint density at radius 2 is 1.68 bits per heavy atom. The van der Waals surface area contributed by atoms with Crippen molar-refractivity contribution in [3.05, 3.63) is 58.6 Å². The molecule has 2 aromatic rings. The van der Waals surface area contributed by atoms with Gasteiger partial charge in [-0.3, -0.25) is 0 Å². The topological polar surface area (TPSA) is 3.24 Å². The molecule has 0 spiro atoms. The zero-order chi connectivity index (χ0) is 13.7. The second-order valence-corrected chi connectivity index (χ2v) is 5.56. The van der Waals surface area contributed by atoms with E-state index in [1.165, 1.54) is 23.4 Å². The van der Waals surface area contributed by atoms with Crippen molar-refractivity contribution in [3.8, 4) is 0 Å². The highest BCUT2D eigenvalue weighted by Crippen LogP contribution is 2.27. The lowest BCUT2D eigenvalue weighted by atomic mass is 10.1. The van der Waals surface area contributed by atoms with E-state index < -0.39 is 0 Å². The van der Waals surface area contributed by atoms with Crippen molar-refractivity contribution in [2.75, 3.05) is 11.4 Å². The molecule has 0 saturated carbocycles. The van der Waals surface area contributed by atoms with Crippen LogP contribution in [0.4, 0.5) is 11.4 Å². The predicted octanol–water partition coefficient (Wildman–Crippen LogP) is 5.56. The molecule has 1 nitrogen and oxygen atoms in total. The fourth-order valence-corrected chi connectivity index (χ4v) is 2.68. The van der Waals surface area contributed by atoms with Gasteiger partial charge in [0.2, 0.25) is 0 Å². The monoisotopic (exact) mass is 317 g/mol. The van der Waals surface area contributed by atoms with Crippen LogP contribution in [0.3, 0.4) is 0 Å². The molecule has 0 radical (unpaired) electrons. The Kier molecular flexibility index (Phi) is 5.03. The van der Waals surface area contributed by atoms with Crippen molar-refractivity contribution >= 4 is 27.3 Å². The molecule has 100 valence electrons. The maximum atomic E-state index is 3.54. The molecular formula is C17H20BrN. The van der Waals surface area contributed by atoms with Crippen LogP contribution in [-0.2, 0) is 6.42 Å². The van der Waals surface area contributed by atoms with Gasteiger partial charge in [0.15, 0.2) is 0 Å². The third kappa shape index (κ3) is 3.60. The average molecular weight is 318 g/mol. The number of benzene rings is 2. The second kappa shape index (κ2) is 6.76. The van der Waals surface area contributed by atoms with Gasteiger partial charge in [0.25, 0.3) is 0 Å². The van der Waals surface area contributed by atoms with Gasteiger partial charge < -0.3 is 4.90 Å². The molecule has 0 aromatic heterocycles. The van der Waals surface area contributed by atoms with E-state index in [2.05, 4.69) is 83.2 Å². The molecular weight excluding hydrogens is 298 g/mol. The summed E-state index contributed by atoms with van der Waals surface area (Å²) in [5.41, 5.74) is 3.89. The van der Waals surface area contributed by atoms with Crippen molar-refractivity contribution in [1.29, 1.82) is 0 Å². The van der Waals surface area contributed by atoms with Gasteiger partial charge in [-0.05, 0) is 49.2 Å². The Balaban J connectivity index is 2.26. The molecule has 0 aliphatic rings. The molecule has 19 heavy (non-hydrogen) atoms. The molecule has 0 bridgehead atoms. The van der Waals surface area contributed by atoms with Gasteiger partial charge in [0.05, 0.1) is 0 Å². The predicted molar refractivity (Wildman–Crippen MR) is 87.3 cm³/mol. The second-order valence-electron chi connectivity index (χ2n) is 4.64. The maximum absolute atomic E-state index is 3.54. The normalized spacial score (nSPS) is 10.5. The summed E-state index contributed by atoms with van der Waals surface area (Å²) >= 11 is 3.54. The van der Waals surface area contributed by atoms with E-state index in [-0.39, 0.29) is 0 Å². The molecule has 2 rings (SSSR count). The summed E-state index contributed by atoms with van der Waals surface area (Å²) < 4.78 is 1.12. The van der Waals surface area contributed by atoms with Crippen LogP contribution < -0.4 is 4.90 Å². The molecule has 2 aromatic carbocycles. The molecule has 0 fully saturated rings. The van der Waals surface area contributed by atoms with E-state index in [0.717, 1.165) is 17.4 Å². The van der Waals surface area contributed by atoms with Crippen LogP contribution in [0.5, 0.6) is 0 Å². The average Bonchev–Trinajstić information content (AvgIpc) is 2.42. The minimum absolute atomic E-state index is 0.962. The molecule has 0 aliphatic carbocycles. The zero-order valence-electron chi connectivity index (χ0n) is 11.6. The van der Waals surface area contributed by atoms with Gasteiger partial charge in [-0.1, -0.05) is 47.5 Å². The van der Waals surface area contributed by atoms with E-state index >= 15 is 0 Å². The number of rotatable bonds is 5. The summed E-state index contributed by atoms with van der Waals surface area (Å²) in [5, 5.41) is 0. The van der Waals surface area contributed by atoms with Gasteiger partial charge >= 0.3 is 0 Å². The van der Waals surface area contributed by atoms with E-state index in [1.54, 1.807) is 0 Å². The quantitative estimate of drug-likeness (QED) is 0.697. The number of anilines is 2. The first-order valence-electron chi connectivity index (χ1n) is 6.86. The lowest BCUT2D eigenvalue weighted by Crippen LogP contribution is -2.15. The Bertz CT molecular complexity index is 519. The number of halogens is 1. The molecule has 0 N–H and O–H groups in total. The van der Waals surface area contributed by atoms with E-state index in [4.69, 9.17) is 0 Å². The first kappa shape index (κ1) is 14.1. The van der Waals surface area contributed by atoms with E-state index in [0.29, 0.717) is 0 Å². The highest BCUT2D eigenvalue weighted by Gasteiger charge is 2.07. The largest absolute Gasteiger partial charge is 0.342 e. The van der Waals surface area contributed by atoms with Gasteiger partial charge in [-0.25, -0.2) is 0 Å². The number of nitrogens with zero attached hydrogens (tertiary/aromatic N) is 1. The van der Waals surface area contributed by atoms with Crippen molar-refractivity contribution in [3.63, 3.8) is 0 Å². The van der Waals surface area contributed by atoms with Crippen molar-refractivity contribution in [2.24, 2.45) is 0 Å². The molecule has 0 unspecified atom stereocenters. The lowest BCUT2D eigenvalue weighted by Gasteiger charge is -2.23. The van der Waals surface area contributed by atoms with Crippen LogP contribution in [0.2, 0.25) is 0 Å². The number of hydrogen-bond acceptors (Lipinski definition) is 1. The minimum Gasteiger partial charge on any atom is -0.342 e. The van der Waals surface area contributed by atoms with Crippen LogP contribution >= 0.6 is 15.9 Å². The summed E-state index contributed by atoms with van der Waals surface area (Å²) in [6.07, 6.45) is 2.35. The van der Waals surface area contributed by atoms with Crippen LogP contribution in [0.25, 0.3) is 0 Å². The van der Waals surface area contributed by atoms with Crippen molar-refractivity contribution in [1.82, 2.24) is 0 Å². The van der Waals surface area contributed by atoms with Crippen LogP contribution in [-0.4, -0.2) is 6.54 Å². The smallest absolute Gasteiger partial charge is 0.0421 e. The van der Waals surface area contributed by atoms with Gasteiger partial charge in [-0.2, -0.15) is 0 Å². The summed E-state index contributed by atoms with van der Waals surface area (Å²) in [6, 6.07) is 17.3. The fourth-order valence-electron chi connectivity index (χ4n) is 2.29. The van der Waals surface area contributed by atoms with E-state index in [1.807, 2.05) is 0 Å².